The summed E-state index contributed by atoms with van der Waals surface area (Å²) in [5.41, 5.74) is 1.38. The summed E-state index contributed by atoms with van der Waals surface area (Å²) in [5, 5.41) is 12.6. The molecule has 0 atom stereocenters. The molecule has 0 aliphatic rings. The van der Waals surface area contributed by atoms with Crippen LogP contribution in [-0.2, 0) is 9.47 Å². The van der Waals surface area contributed by atoms with Gasteiger partial charge in [0.25, 0.3) is 5.91 Å². The molecule has 0 aliphatic heterocycles. The molecule has 0 spiro atoms. The quantitative estimate of drug-likeness (QED) is 0.156. The number of amides is 1. The second-order valence-corrected chi connectivity index (χ2v) is 8.93. The van der Waals surface area contributed by atoms with Gasteiger partial charge in [-0.25, -0.2) is 0 Å². The summed E-state index contributed by atoms with van der Waals surface area (Å²) in [6, 6.07) is 14.8. The van der Waals surface area contributed by atoms with Crippen molar-refractivity contribution in [1.82, 2.24) is 20.3 Å². The Balaban J connectivity index is 1.44. The van der Waals surface area contributed by atoms with Crippen LogP contribution >= 0.6 is 0 Å². The fraction of sp³-hybridized carbons (Fsp3) is 0.448. The van der Waals surface area contributed by atoms with Crippen molar-refractivity contribution in [1.29, 1.82) is 0 Å². The van der Waals surface area contributed by atoms with Gasteiger partial charge in [-0.1, -0.05) is 32.0 Å². The van der Waals surface area contributed by atoms with Crippen LogP contribution in [0.5, 0.6) is 11.5 Å². The lowest BCUT2D eigenvalue weighted by atomic mass is 10.2. The fourth-order valence-corrected chi connectivity index (χ4v) is 3.78. The van der Waals surface area contributed by atoms with Gasteiger partial charge in [0.2, 0.25) is 17.8 Å². The third-order valence-electron chi connectivity index (χ3n) is 6.06. The molecule has 1 amide bonds. The number of hydrogen-bond acceptors (Lipinski definition) is 11. The minimum Gasteiger partial charge on any atom is -0.493 e. The third-order valence-corrected chi connectivity index (χ3v) is 6.06. The van der Waals surface area contributed by atoms with Crippen molar-refractivity contribution in [3.63, 3.8) is 0 Å². The highest BCUT2D eigenvalue weighted by molar-refractivity contribution is 5.94. The number of benzene rings is 2. The smallest absolute Gasteiger partial charge is 0.251 e. The zero-order chi connectivity index (χ0) is 29.3. The lowest BCUT2D eigenvalue weighted by Gasteiger charge is -2.16. The number of carbonyl (C=O) groups excluding carboxylic acids is 1. The van der Waals surface area contributed by atoms with Gasteiger partial charge in [0.1, 0.15) is 0 Å². The van der Waals surface area contributed by atoms with E-state index in [1.54, 1.807) is 26.4 Å². The number of ether oxygens (including phenoxy) is 4. The van der Waals surface area contributed by atoms with Crippen molar-refractivity contribution in [3.8, 4) is 11.5 Å². The minimum absolute atomic E-state index is 0.116. The van der Waals surface area contributed by atoms with E-state index in [-0.39, 0.29) is 11.9 Å². The SMILES string of the molecule is CCC(CC)Nc1nc(NCCOCCOCCNC(=O)c2ccccc2)nc(Nc2ccc(OC)c(OC)c2)n1. The van der Waals surface area contributed by atoms with Crippen molar-refractivity contribution in [2.45, 2.75) is 32.7 Å². The highest BCUT2D eigenvalue weighted by atomic mass is 16.5. The van der Waals surface area contributed by atoms with Gasteiger partial charge in [0.15, 0.2) is 11.5 Å². The average Bonchev–Trinajstić information content (AvgIpc) is 3.00. The molecule has 0 saturated carbocycles. The summed E-state index contributed by atoms with van der Waals surface area (Å²) in [6.45, 7) is 6.87. The largest absolute Gasteiger partial charge is 0.493 e. The molecule has 0 aliphatic carbocycles. The number of carbonyl (C=O) groups is 1. The molecule has 12 nitrogen and oxygen atoms in total. The van der Waals surface area contributed by atoms with Crippen LogP contribution in [0.15, 0.2) is 48.5 Å². The Morgan fingerprint density at radius 2 is 1.44 bits per heavy atom. The fourth-order valence-electron chi connectivity index (χ4n) is 3.78. The van der Waals surface area contributed by atoms with E-state index < -0.39 is 0 Å². The number of anilines is 4. The third kappa shape index (κ3) is 10.7. The molecule has 0 bridgehead atoms. The highest BCUT2D eigenvalue weighted by Crippen LogP contribution is 2.30. The zero-order valence-electron chi connectivity index (χ0n) is 24.2. The number of nitrogens with zero attached hydrogens (tertiary/aromatic N) is 3. The van der Waals surface area contributed by atoms with Crippen LogP contribution in [0.2, 0.25) is 0 Å². The van der Waals surface area contributed by atoms with E-state index in [1.165, 1.54) is 0 Å². The molecule has 3 rings (SSSR count). The molecule has 41 heavy (non-hydrogen) atoms. The first-order valence-corrected chi connectivity index (χ1v) is 13.8. The maximum absolute atomic E-state index is 12.0. The van der Waals surface area contributed by atoms with Gasteiger partial charge < -0.3 is 40.2 Å². The first-order valence-electron chi connectivity index (χ1n) is 13.8. The monoisotopic (exact) mass is 567 g/mol. The van der Waals surface area contributed by atoms with Gasteiger partial charge in [0.05, 0.1) is 40.6 Å². The van der Waals surface area contributed by atoms with Crippen LogP contribution in [0, 0.1) is 0 Å². The molecule has 12 heteroatoms. The number of aromatic nitrogens is 3. The van der Waals surface area contributed by atoms with Crippen LogP contribution < -0.4 is 30.7 Å². The summed E-state index contributed by atoms with van der Waals surface area (Å²) in [5.74, 6) is 2.40. The second-order valence-electron chi connectivity index (χ2n) is 8.93. The summed E-state index contributed by atoms with van der Waals surface area (Å²) in [4.78, 5) is 25.6. The first kappa shape index (κ1) is 31.4. The van der Waals surface area contributed by atoms with Crippen molar-refractivity contribution in [2.75, 3.05) is 69.7 Å². The highest BCUT2D eigenvalue weighted by Gasteiger charge is 2.12. The van der Waals surface area contributed by atoms with Gasteiger partial charge in [-0.05, 0) is 37.1 Å². The molecule has 1 aromatic heterocycles. The van der Waals surface area contributed by atoms with Crippen molar-refractivity contribution < 1.29 is 23.7 Å². The van der Waals surface area contributed by atoms with E-state index in [2.05, 4.69) is 50.1 Å². The molecule has 4 N–H and O–H groups in total. The maximum Gasteiger partial charge on any atom is 0.251 e. The Morgan fingerprint density at radius 1 is 0.780 bits per heavy atom. The van der Waals surface area contributed by atoms with E-state index in [0.717, 1.165) is 18.5 Å². The normalized spacial score (nSPS) is 10.8. The molecule has 3 aromatic rings. The number of methoxy groups -OCH3 is 2. The Morgan fingerprint density at radius 3 is 2.12 bits per heavy atom. The standard InChI is InChI=1S/C29H41N7O5/c1-5-22(6-2)32-28-34-27(35-29(36-28)33-23-12-13-24(38-3)25(20-23)39-4)31-15-17-41-19-18-40-16-14-30-26(37)21-10-8-7-9-11-21/h7-13,20,22H,5-6,14-19H2,1-4H3,(H,30,37)(H3,31,32,33,34,35,36). The Bertz CT molecular complexity index is 1200. The number of rotatable bonds is 19. The summed E-state index contributed by atoms with van der Waals surface area (Å²) >= 11 is 0. The molecule has 222 valence electrons. The van der Waals surface area contributed by atoms with Crippen LogP contribution in [0.3, 0.4) is 0 Å². The first-order chi connectivity index (χ1) is 20.1. The van der Waals surface area contributed by atoms with Gasteiger partial charge in [-0.15, -0.1) is 0 Å². The van der Waals surface area contributed by atoms with E-state index in [1.807, 2.05) is 36.4 Å². The van der Waals surface area contributed by atoms with Gasteiger partial charge >= 0.3 is 0 Å². The number of hydrogen-bond donors (Lipinski definition) is 4. The molecule has 2 aromatic carbocycles. The predicted octanol–water partition coefficient (Wildman–Crippen LogP) is 4.11. The van der Waals surface area contributed by atoms with Crippen molar-refractivity contribution in [3.05, 3.63) is 54.1 Å². The van der Waals surface area contributed by atoms with Crippen molar-refractivity contribution in [2.24, 2.45) is 0 Å². The van der Waals surface area contributed by atoms with Crippen LogP contribution in [-0.4, -0.2) is 80.6 Å². The second kappa shape index (κ2) is 17.5. The van der Waals surface area contributed by atoms with E-state index in [4.69, 9.17) is 18.9 Å². The molecule has 0 fully saturated rings. The average molecular weight is 568 g/mol. The summed E-state index contributed by atoms with van der Waals surface area (Å²) in [6.07, 6.45) is 1.89. The Kier molecular flexibility index (Phi) is 13.4. The molecule has 0 unspecified atom stereocenters. The Labute approximate surface area is 241 Å². The molecular formula is C29H41N7O5. The van der Waals surface area contributed by atoms with Crippen LogP contribution in [0.1, 0.15) is 37.0 Å². The molecular weight excluding hydrogens is 526 g/mol. The molecule has 1 heterocycles. The van der Waals surface area contributed by atoms with Crippen LogP contribution in [0.4, 0.5) is 23.5 Å². The lowest BCUT2D eigenvalue weighted by molar-refractivity contribution is 0.0519. The van der Waals surface area contributed by atoms with Gasteiger partial charge in [-0.3, -0.25) is 4.79 Å². The van der Waals surface area contributed by atoms with E-state index in [9.17, 15) is 4.79 Å². The van der Waals surface area contributed by atoms with Crippen molar-refractivity contribution >= 4 is 29.4 Å². The van der Waals surface area contributed by atoms with Crippen LogP contribution in [0.25, 0.3) is 0 Å². The predicted molar refractivity (Wildman–Crippen MR) is 160 cm³/mol. The maximum atomic E-state index is 12.0. The van der Waals surface area contributed by atoms with Gasteiger partial charge in [-0.2, -0.15) is 15.0 Å². The Hall–Kier alpha value is -4.16. The topological polar surface area (TPSA) is 141 Å². The summed E-state index contributed by atoms with van der Waals surface area (Å²) < 4.78 is 21.9. The lowest BCUT2D eigenvalue weighted by Crippen LogP contribution is -2.27. The zero-order valence-corrected chi connectivity index (χ0v) is 24.2. The molecule has 0 radical (unpaired) electrons. The van der Waals surface area contributed by atoms with Gasteiger partial charge in [0, 0.05) is 36.4 Å². The van der Waals surface area contributed by atoms with E-state index in [0.29, 0.717) is 74.4 Å². The summed E-state index contributed by atoms with van der Waals surface area (Å²) in [7, 11) is 3.18. The van der Waals surface area contributed by atoms with E-state index >= 15 is 0 Å². The number of nitrogens with one attached hydrogen (secondary N) is 4. The minimum atomic E-state index is -0.116. The molecule has 0 saturated heterocycles.